The Hall–Kier alpha value is -1.28. The first-order chi connectivity index (χ1) is 8.50. The number of aliphatic hydroxyl groups excluding tert-OH is 1. The van der Waals surface area contributed by atoms with Crippen LogP contribution in [0.3, 0.4) is 0 Å². The lowest BCUT2D eigenvalue weighted by molar-refractivity contribution is -0.274. The van der Waals surface area contributed by atoms with Gasteiger partial charge in [0.2, 0.25) is 0 Å². The van der Waals surface area contributed by atoms with Crippen molar-refractivity contribution in [3.63, 3.8) is 0 Å². The Morgan fingerprint density at radius 3 is 2.37 bits per heavy atom. The summed E-state index contributed by atoms with van der Waals surface area (Å²) in [6.45, 7) is 1.28. The molecule has 4 nitrogen and oxygen atoms in total. The molecule has 0 aromatic heterocycles. The zero-order valence-corrected chi connectivity index (χ0v) is 11.0. The van der Waals surface area contributed by atoms with Crippen LogP contribution in [0.2, 0.25) is 0 Å². The monoisotopic (exact) mass is 298 g/mol. The van der Waals surface area contributed by atoms with Gasteiger partial charge in [0, 0.05) is 6.26 Å². The molecule has 0 bridgehead atoms. The van der Waals surface area contributed by atoms with Gasteiger partial charge in [-0.3, -0.25) is 0 Å². The van der Waals surface area contributed by atoms with Gasteiger partial charge in [-0.05, 0) is 24.6 Å². The van der Waals surface area contributed by atoms with Gasteiger partial charge in [-0.2, -0.15) is 0 Å². The molecule has 0 heterocycles. The second kappa shape index (κ2) is 5.38. The predicted molar refractivity (Wildman–Crippen MR) is 62.4 cm³/mol. The Balaban J connectivity index is 3.00. The molecule has 2 unspecified atom stereocenters. The second-order valence-corrected chi connectivity index (χ2v) is 6.50. The number of rotatable bonds is 4. The van der Waals surface area contributed by atoms with Crippen LogP contribution in [-0.2, 0) is 9.84 Å². The molecule has 0 aliphatic carbocycles. The topological polar surface area (TPSA) is 63.6 Å². The SMILES string of the molecule is CC(C(O)c1cccc(OC(F)(F)F)c1)S(C)(=O)=O. The van der Waals surface area contributed by atoms with E-state index in [2.05, 4.69) is 4.74 Å². The molecule has 0 saturated heterocycles. The van der Waals surface area contributed by atoms with Crippen LogP contribution < -0.4 is 4.74 Å². The predicted octanol–water partition coefficient (Wildman–Crippen LogP) is 2.05. The van der Waals surface area contributed by atoms with Crippen molar-refractivity contribution in [2.45, 2.75) is 24.6 Å². The Labute approximate surface area is 108 Å². The number of hydrogen-bond acceptors (Lipinski definition) is 4. The maximum Gasteiger partial charge on any atom is 0.573 e. The van der Waals surface area contributed by atoms with E-state index in [1.54, 1.807) is 0 Å². The summed E-state index contributed by atoms with van der Waals surface area (Å²) in [6, 6.07) is 4.60. The minimum absolute atomic E-state index is 0.0414. The summed E-state index contributed by atoms with van der Waals surface area (Å²) in [5.74, 6) is -0.509. The van der Waals surface area contributed by atoms with Crippen molar-refractivity contribution < 1.29 is 31.4 Å². The molecule has 0 fully saturated rings. The lowest BCUT2D eigenvalue weighted by Crippen LogP contribution is -2.24. The van der Waals surface area contributed by atoms with E-state index in [1.165, 1.54) is 19.1 Å². The molecule has 2 atom stereocenters. The molecule has 1 N–H and O–H groups in total. The fourth-order valence-corrected chi connectivity index (χ4v) is 2.03. The fraction of sp³-hybridized carbons (Fsp3) is 0.455. The molecule has 0 aliphatic heterocycles. The zero-order chi connectivity index (χ0) is 14.8. The minimum Gasteiger partial charge on any atom is -0.406 e. The number of alkyl halides is 3. The summed E-state index contributed by atoms with van der Waals surface area (Å²) in [5.41, 5.74) is 0.0414. The Kier molecular flexibility index (Phi) is 4.46. The van der Waals surface area contributed by atoms with Crippen LogP contribution in [-0.4, -0.2) is 31.4 Å². The Morgan fingerprint density at radius 1 is 1.32 bits per heavy atom. The molecular formula is C11H13F3O4S. The van der Waals surface area contributed by atoms with Gasteiger partial charge in [0.05, 0.1) is 11.4 Å². The van der Waals surface area contributed by atoms with Crippen LogP contribution >= 0.6 is 0 Å². The van der Waals surface area contributed by atoms with E-state index >= 15 is 0 Å². The van der Waals surface area contributed by atoms with Crippen LogP contribution in [0.15, 0.2) is 24.3 Å². The normalized spacial score (nSPS) is 15.9. The molecule has 0 aliphatic rings. The highest BCUT2D eigenvalue weighted by molar-refractivity contribution is 7.91. The molecule has 1 rings (SSSR count). The maximum absolute atomic E-state index is 12.0. The molecule has 0 amide bonds. The van der Waals surface area contributed by atoms with E-state index < -0.39 is 33.3 Å². The summed E-state index contributed by atoms with van der Waals surface area (Å²) in [6.07, 6.45) is -5.32. The number of aliphatic hydroxyl groups is 1. The van der Waals surface area contributed by atoms with E-state index in [0.717, 1.165) is 18.4 Å². The summed E-state index contributed by atoms with van der Waals surface area (Å²) in [5, 5.41) is 8.70. The van der Waals surface area contributed by atoms with Crippen molar-refractivity contribution in [3.8, 4) is 5.75 Å². The van der Waals surface area contributed by atoms with Gasteiger partial charge in [-0.1, -0.05) is 12.1 Å². The standard InChI is InChI=1S/C11H13F3O4S/c1-7(19(2,16)17)10(15)8-4-3-5-9(6-8)18-11(12,13)14/h3-7,10,15H,1-2H3. The van der Waals surface area contributed by atoms with Crippen LogP contribution in [0.1, 0.15) is 18.6 Å². The Bertz CT molecular complexity index is 539. The summed E-state index contributed by atoms with van der Waals surface area (Å²) in [4.78, 5) is 0. The highest BCUT2D eigenvalue weighted by Crippen LogP contribution is 2.28. The number of sulfone groups is 1. The molecule has 1 aromatic carbocycles. The van der Waals surface area contributed by atoms with Crippen LogP contribution in [0, 0.1) is 0 Å². The molecule has 0 spiro atoms. The average molecular weight is 298 g/mol. The lowest BCUT2D eigenvalue weighted by atomic mass is 10.1. The molecule has 0 saturated carbocycles. The number of ether oxygens (including phenoxy) is 1. The first-order valence-corrected chi connectivity index (χ1v) is 7.19. The van der Waals surface area contributed by atoms with E-state index in [1.807, 2.05) is 0 Å². The quantitative estimate of drug-likeness (QED) is 0.924. The van der Waals surface area contributed by atoms with Crippen molar-refractivity contribution in [1.82, 2.24) is 0 Å². The third-order valence-electron chi connectivity index (χ3n) is 2.55. The number of halogens is 3. The van der Waals surface area contributed by atoms with Gasteiger partial charge >= 0.3 is 6.36 Å². The van der Waals surface area contributed by atoms with Gasteiger partial charge in [0.1, 0.15) is 5.75 Å². The van der Waals surface area contributed by atoms with Gasteiger partial charge in [0.25, 0.3) is 0 Å². The second-order valence-electron chi connectivity index (χ2n) is 4.10. The van der Waals surface area contributed by atoms with Crippen molar-refractivity contribution in [3.05, 3.63) is 29.8 Å². The third-order valence-corrected chi connectivity index (χ3v) is 4.16. The summed E-state index contributed by atoms with van der Waals surface area (Å²) >= 11 is 0. The van der Waals surface area contributed by atoms with Crippen LogP contribution in [0.4, 0.5) is 13.2 Å². The largest absolute Gasteiger partial charge is 0.573 e. The van der Waals surface area contributed by atoms with Crippen molar-refractivity contribution in [2.75, 3.05) is 6.26 Å². The van der Waals surface area contributed by atoms with E-state index in [-0.39, 0.29) is 5.56 Å². The Morgan fingerprint density at radius 2 is 1.89 bits per heavy atom. The highest BCUT2D eigenvalue weighted by Gasteiger charge is 2.32. The fourth-order valence-electron chi connectivity index (χ4n) is 1.40. The highest BCUT2D eigenvalue weighted by atomic mass is 32.2. The number of benzene rings is 1. The molecule has 0 radical (unpaired) electrons. The third kappa shape index (κ3) is 4.71. The minimum atomic E-state index is -4.84. The maximum atomic E-state index is 12.0. The van der Waals surface area contributed by atoms with Crippen molar-refractivity contribution in [1.29, 1.82) is 0 Å². The summed E-state index contributed by atoms with van der Waals surface area (Å²) < 4.78 is 62.4. The molecule has 108 valence electrons. The molecule has 19 heavy (non-hydrogen) atoms. The molecule has 1 aromatic rings. The van der Waals surface area contributed by atoms with Crippen molar-refractivity contribution in [2.24, 2.45) is 0 Å². The molecule has 8 heteroatoms. The first-order valence-electron chi connectivity index (χ1n) is 5.23. The van der Waals surface area contributed by atoms with E-state index in [0.29, 0.717) is 0 Å². The van der Waals surface area contributed by atoms with Crippen LogP contribution in [0.5, 0.6) is 5.75 Å². The first kappa shape index (κ1) is 15.8. The van der Waals surface area contributed by atoms with E-state index in [4.69, 9.17) is 0 Å². The summed E-state index contributed by atoms with van der Waals surface area (Å²) in [7, 11) is -3.51. The molecular weight excluding hydrogens is 285 g/mol. The number of hydrogen-bond donors (Lipinski definition) is 1. The smallest absolute Gasteiger partial charge is 0.406 e. The van der Waals surface area contributed by atoms with Gasteiger partial charge in [-0.15, -0.1) is 13.2 Å². The van der Waals surface area contributed by atoms with E-state index in [9.17, 15) is 26.7 Å². The lowest BCUT2D eigenvalue weighted by Gasteiger charge is -2.18. The zero-order valence-electron chi connectivity index (χ0n) is 10.2. The van der Waals surface area contributed by atoms with Gasteiger partial charge in [0.15, 0.2) is 9.84 Å². The van der Waals surface area contributed by atoms with Crippen LogP contribution in [0.25, 0.3) is 0 Å². The van der Waals surface area contributed by atoms with Gasteiger partial charge in [-0.25, -0.2) is 8.42 Å². The average Bonchev–Trinajstić information content (AvgIpc) is 2.23. The van der Waals surface area contributed by atoms with Gasteiger partial charge < -0.3 is 9.84 Å². The van der Waals surface area contributed by atoms with Crippen molar-refractivity contribution >= 4 is 9.84 Å².